The second-order valence-electron chi connectivity index (χ2n) is 4.98. The molecular weight excluding hydrogens is 325 g/mol. The van der Waals surface area contributed by atoms with Crippen molar-refractivity contribution in [3.63, 3.8) is 0 Å². The first kappa shape index (κ1) is 17.5. The van der Waals surface area contributed by atoms with Gasteiger partial charge in [-0.05, 0) is 23.8 Å². The monoisotopic (exact) mass is 338 g/mol. The summed E-state index contributed by atoms with van der Waals surface area (Å²) < 4.78 is 38.1. The van der Waals surface area contributed by atoms with Gasteiger partial charge in [-0.2, -0.15) is 13.2 Å². The highest BCUT2D eigenvalue weighted by Crippen LogP contribution is 2.29. The smallest absolute Gasteiger partial charge is 0.416 e. The number of benzene rings is 1. The van der Waals surface area contributed by atoms with Gasteiger partial charge in [-0.1, -0.05) is 24.3 Å². The average Bonchev–Trinajstić information content (AvgIpc) is 2.54. The van der Waals surface area contributed by atoms with Gasteiger partial charge in [0.1, 0.15) is 11.7 Å². The van der Waals surface area contributed by atoms with E-state index in [1.54, 1.807) is 12.1 Å². The fraction of sp³-hybridized carbons (Fsp3) is 0.188. The van der Waals surface area contributed by atoms with E-state index < -0.39 is 29.7 Å². The van der Waals surface area contributed by atoms with Crippen LogP contribution in [0.25, 0.3) is 0 Å². The lowest BCUT2D eigenvalue weighted by Crippen LogP contribution is -2.42. The van der Waals surface area contributed by atoms with Gasteiger partial charge >= 0.3 is 12.1 Å². The number of hydrogen-bond acceptors (Lipinski definition) is 3. The van der Waals surface area contributed by atoms with Crippen molar-refractivity contribution in [2.45, 2.75) is 18.6 Å². The molecule has 2 N–H and O–H groups in total. The van der Waals surface area contributed by atoms with Gasteiger partial charge in [0.05, 0.1) is 5.56 Å². The van der Waals surface area contributed by atoms with Crippen LogP contribution in [0.15, 0.2) is 48.7 Å². The molecule has 24 heavy (non-hydrogen) atoms. The molecule has 0 aliphatic rings. The normalized spacial score (nSPS) is 12.5. The number of carbonyl (C=O) groups excluding carboxylic acids is 1. The molecule has 8 heteroatoms. The number of alkyl halides is 3. The summed E-state index contributed by atoms with van der Waals surface area (Å²) in [5, 5.41) is 11.5. The number of carboxylic acids is 1. The number of pyridine rings is 1. The Kier molecular flexibility index (Phi) is 5.18. The lowest BCUT2D eigenvalue weighted by atomic mass is 10.0. The van der Waals surface area contributed by atoms with Crippen molar-refractivity contribution in [3.8, 4) is 0 Å². The molecule has 0 aliphatic carbocycles. The van der Waals surface area contributed by atoms with Crippen LogP contribution in [0.2, 0.25) is 0 Å². The van der Waals surface area contributed by atoms with E-state index in [9.17, 15) is 27.9 Å². The molecule has 0 radical (unpaired) electrons. The van der Waals surface area contributed by atoms with Crippen molar-refractivity contribution in [3.05, 3.63) is 65.5 Å². The molecule has 0 aliphatic heterocycles. The standard InChI is InChI=1S/C16H13F3N2O3/c17-16(18,19)11-5-3-4-10(8-11)9-13(15(23)24)21-14(22)12-6-1-2-7-20-12/h1-8,13H,9H2,(H,21,22)(H,23,24)/t13-/m1/s1. The number of hydrogen-bond donors (Lipinski definition) is 2. The zero-order valence-electron chi connectivity index (χ0n) is 12.2. The first-order chi connectivity index (χ1) is 11.3. The van der Waals surface area contributed by atoms with Gasteiger partial charge in [0, 0.05) is 12.6 Å². The summed E-state index contributed by atoms with van der Waals surface area (Å²) >= 11 is 0. The largest absolute Gasteiger partial charge is 0.480 e. The molecule has 0 fully saturated rings. The van der Waals surface area contributed by atoms with Crippen LogP contribution in [0.5, 0.6) is 0 Å². The number of carboxylic acid groups (broad SMARTS) is 1. The van der Waals surface area contributed by atoms with Crippen LogP contribution in [0.1, 0.15) is 21.6 Å². The number of rotatable bonds is 5. The number of nitrogens with zero attached hydrogens (tertiary/aromatic N) is 1. The van der Waals surface area contributed by atoms with E-state index in [1.165, 1.54) is 24.4 Å². The molecule has 0 bridgehead atoms. The van der Waals surface area contributed by atoms with Crippen LogP contribution in [0, 0.1) is 0 Å². The Bertz CT molecular complexity index is 733. The van der Waals surface area contributed by atoms with Crippen molar-refractivity contribution in [2.24, 2.45) is 0 Å². The third-order valence-electron chi connectivity index (χ3n) is 3.20. The highest BCUT2D eigenvalue weighted by Gasteiger charge is 2.31. The summed E-state index contributed by atoms with van der Waals surface area (Å²) in [7, 11) is 0. The maximum absolute atomic E-state index is 12.7. The van der Waals surface area contributed by atoms with Crippen LogP contribution in [0.4, 0.5) is 13.2 Å². The van der Waals surface area contributed by atoms with Crippen LogP contribution in [-0.2, 0) is 17.4 Å². The summed E-state index contributed by atoms with van der Waals surface area (Å²) in [5.74, 6) is -2.06. The second kappa shape index (κ2) is 7.12. The van der Waals surface area contributed by atoms with Crippen LogP contribution in [-0.4, -0.2) is 28.0 Å². The Morgan fingerprint density at radius 1 is 1.17 bits per heavy atom. The van der Waals surface area contributed by atoms with Crippen molar-refractivity contribution < 1.29 is 27.9 Å². The fourth-order valence-corrected chi connectivity index (χ4v) is 2.04. The highest BCUT2D eigenvalue weighted by atomic mass is 19.4. The molecule has 5 nitrogen and oxygen atoms in total. The third kappa shape index (κ3) is 4.55. The number of halogens is 3. The van der Waals surface area contributed by atoms with E-state index in [-0.39, 0.29) is 17.7 Å². The molecule has 0 saturated carbocycles. The van der Waals surface area contributed by atoms with E-state index in [0.717, 1.165) is 12.1 Å². The first-order valence-electron chi connectivity index (χ1n) is 6.88. The minimum absolute atomic E-state index is 0.0211. The van der Waals surface area contributed by atoms with E-state index in [0.29, 0.717) is 0 Å². The predicted octanol–water partition coefficient (Wildman–Crippen LogP) is 2.53. The molecule has 1 atom stereocenters. The van der Waals surface area contributed by atoms with Gasteiger partial charge in [-0.15, -0.1) is 0 Å². The molecule has 126 valence electrons. The Morgan fingerprint density at radius 2 is 1.92 bits per heavy atom. The Labute approximate surface area is 135 Å². The third-order valence-corrected chi connectivity index (χ3v) is 3.20. The number of aromatic nitrogens is 1. The molecule has 1 aromatic carbocycles. The second-order valence-corrected chi connectivity index (χ2v) is 4.98. The van der Waals surface area contributed by atoms with Crippen LogP contribution >= 0.6 is 0 Å². The van der Waals surface area contributed by atoms with Gasteiger partial charge in [-0.25, -0.2) is 4.79 Å². The van der Waals surface area contributed by atoms with Crippen molar-refractivity contribution in [1.82, 2.24) is 10.3 Å². The van der Waals surface area contributed by atoms with Gasteiger partial charge in [0.25, 0.3) is 5.91 Å². The van der Waals surface area contributed by atoms with Crippen LogP contribution < -0.4 is 5.32 Å². The predicted molar refractivity (Wildman–Crippen MR) is 78.3 cm³/mol. The lowest BCUT2D eigenvalue weighted by molar-refractivity contribution is -0.139. The van der Waals surface area contributed by atoms with Crippen LogP contribution in [0.3, 0.4) is 0 Å². The molecule has 1 heterocycles. The molecule has 0 spiro atoms. The van der Waals surface area contributed by atoms with Gasteiger partial charge in [0.2, 0.25) is 0 Å². The molecule has 2 aromatic rings. The molecule has 2 rings (SSSR count). The topological polar surface area (TPSA) is 79.3 Å². The SMILES string of the molecule is O=C(N[C@H](Cc1cccc(C(F)(F)F)c1)C(=O)O)c1ccccn1. The van der Waals surface area contributed by atoms with Gasteiger partial charge < -0.3 is 10.4 Å². The zero-order chi connectivity index (χ0) is 17.7. The summed E-state index contributed by atoms with van der Waals surface area (Å²) in [6.45, 7) is 0. The molecule has 1 aromatic heterocycles. The number of carbonyl (C=O) groups is 2. The number of aliphatic carboxylic acids is 1. The maximum atomic E-state index is 12.7. The summed E-state index contributed by atoms with van der Waals surface area (Å²) in [5.41, 5.74) is -0.702. The average molecular weight is 338 g/mol. The molecule has 0 unspecified atom stereocenters. The van der Waals surface area contributed by atoms with Gasteiger partial charge in [0.15, 0.2) is 0 Å². The molecule has 1 amide bonds. The van der Waals surface area contributed by atoms with Gasteiger partial charge in [-0.3, -0.25) is 9.78 Å². The van der Waals surface area contributed by atoms with E-state index in [1.807, 2.05) is 0 Å². The van der Waals surface area contributed by atoms with Crippen molar-refractivity contribution in [1.29, 1.82) is 0 Å². The number of nitrogens with one attached hydrogen (secondary N) is 1. The fourth-order valence-electron chi connectivity index (χ4n) is 2.04. The quantitative estimate of drug-likeness (QED) is 0.878. The summed E-state index contributed by atoms with van der Waals surface area (Å²) in [6.07, 6.45) is -3.43. The van der Waals surface area contributed by atoms with Crippen molar-refractivity contribution in [2.75, 3.05) is 0 Å². The summed E-state index contributed by atoms with van der Waals surface area (Å²) in [4.78, 5) is 27.0. The Morgan fingerprint density at radius 3 is 2.50 bits per heavy atom. The van der Waals surface area contributed by atoms with E-state index in [2.05, 4.69) is 10.3 Å². The Balaban J connectivity index is 2.15. The first-order valence-corrected chi connectivity index (χ1v) is 6.88. The van der Waals surface area contributed by atoms with E-state index >= 15 is 0 Å². The zero-order valence-corrected chi connectivity index (χ0v) is 12.2. The minimum Gasteiger partial charge on any atom is -0.480 e. The highest BCUT2D eigenvalue weighted by molar-refractivity contribution is 5.94. The summed E-state index contributed by atoms with van der Waals surface area (Å²) in [6, 6.07) is 7.50. The number of amides is 1. The minimum atomic E-state index is -4.52. The molecule has 0 saturated heterocycles. The van der Waals surface area contributed by atoms with E-state index in [4.69, 9.17) is 0 Å². The lowest BCUT2D eigenvalue weighted by Gasteiger charge is -2.15. The molecular formula is C16H13F3N2O3. The van der Waals surface area contributed by atoms with Crippen molar-refractivity contribution >= 4 is 11.9 Å². The maximum Gasteiger partial charge on any atom is 0.416 e. The Hall–Kier alpha value is -2.90.